The number of anilines is 1. The first-order valence-corrected chi connectivity index (χ1v) is 6.95. The molecular formula is C15H18N2O5. The Kier molecular flexibility index (Phi) is 4.07. The Bertz CT molecular complexity index is 643. The van der Waals surface area contributed by atoms with E-state index in [0.29, 0.717) is 5.69 Å². The van der Waals surface area contributed by atoms with Gasteiger partial charge in [0.25, 0.3) is 11.8 Å². The number of rotatable bonds is 4. The second kappa shape index (κ2) is 5.67. The van der Waals surface area contributed by atoms with Crippen LogP contribution in [0.2, 0.25) is 0 Å². The zero-order valence-corrected chi connectivity index (χ0v) is 12.6. The van der Waals surface area contributed by atoms with Gasteiger partial charge in [0, 0.05) is 0 Å². The van der Waals surface area contributed by atoms with Crippen LogP contribution in [0.3, 0.4) is 0 Å². The van der Waals surface area contributed by atoms with Crippen molar-refractivity contribution in [2.24, 2.45) is 0 Å². The minimum Gasteiger partial charge on any atom is -0.480 e. The quantitative estimate of drug-likeness (QED) is 0.779. The molecule has 0 radical (unpaired) electrons. The topological polar surface area (TPSA) is 105 Å². The van der Waals surface area contributed by atoms with Crippen molar-refractivity contribution in [3.63, 3.8) is 0 Å². The molecule has 1 aromatic rings. The van der Waals surface area contributed by atoms with Crippen LogP contribution in [0.4, 0.5) is 5.69 Å². The third-order valence-electron chi connectivity index (χ3n) is 3.75. The molecule has 7 nitrogen and oxygen atoms in total. The molecule has 0 saturated carbocycles. The van der Waals surface area contributed by atoms with E-state index in [9.17, 15) is 19.5 Å². The minimum absolute atomic E-state index is 0.185. The maximum atomic E-state index is 12.4. The molecule has 0 fully saturated rings. The fourth-order valence-corrected chi connectivity index (χ4v) is 2.02. The van der Waals surface area contributed by atoms with Crippen LogP contribution in [0.15, 0.2) is 18.2 Å². The van der Waals surface area contributed by atoms with Crippen LogP contribution in [0.5, 0.6) is 5.75 Å². The van der Waals surface area contributed by atoms with Gasteiger partial charge >= 0.3 is 5.97 Å². The molecule has 1 aliphatic rings. The van der Waals surface area contributed by atoms with Gasteiger partial charge in [-0.2, -0.15) is 0 Å². The van der Waals surface area contributed by atoms with Gasteiger partial charge in [-0.25, -0.2) is 4.79 Å². The van der Waals surface area contributed by atoms with Gasteiger partial charge < -0.3 is 20.5 Å². The molecule has 1 aliphatic heterocycles. The van der Waals surface area contributed by atoms with Gasteiger partial charge in [0.15, 0.2) is 11.9 Å². The van der Waals surface area contributed by atoms with E-state index in [0.717, 1.165) is 0 Å². The second-order valence-corrected chi connectivity index (χ2v) is 5.38. The lowest BCUT2D eigenvalue weighted by atomic mass is 9.98. The largest absolute Gasteiger partial charge is 0.480 e. The predicted octanol–water partition coefficient (Wildman–Crippen LogP) is 1.39. The van der Waals surface area contributed by atoms with Crippen LogP contribution in [-0.4, -0.2) is 34.5 Å². The number of nitrogens with one attached hydrogen (secondary N) is 2. The predicted molar refractivity (Wildman–Crippen MR) is 79.0 cm³/mol. The number of benzene rings is 1. The van der Waals surface area contributed by atoms with Crippen molar-refractivity contribution in [3.8, 4) is 5.75 Å². The average molecular weight is 306 g/mol. The summed E-state index contributed by atoms with van der Waals surface area (Å²) in [6, 6.07) is 4.74. The van der Waals surface area contributed by atoms with E-state index in [1.807, 2.05) is 0 Å². The number of fused-ring (bicyclic) bond motifs is 1. The van der Waals surface area contributed by atoms with Crippen molar-refractivity contribution in [2.75, 3.05) is 5.32 Å². The lowest BCUT2D eigenvalue weighted by Gasteiger charge is -2.28. The zero-order valence-electron chi connectivity index (χ0n) is 12.6. The summed E-state index contributed by atoms with van der Waals surface area (Å²) < 4.78 is 5.48. The van der Waals surface area contributed by atoms with Gasteiger partial charge in [0.05, 0.1) is 11.3 Å². The Morgan fingerprint density at radius 3 is 2.73 bits per heavy atom. The maximum absolute atomic E-state index is 12.4. The van der Waals surface area contributed by atoms with Crippen molar-refractivity contribution in [1.82, 2.24) is 5.32 Å². The van der Waals surface area contributed by atoms with Gasteiger partial charge in [0.1, 0.15) is 5.54 Å². The molecule has 2 unspecified atom stereocenters. The van der Waals surface area contributed by atoms with Gasteiger partial charge in [-0.3, -0.25) is 9.59 Å². The third kappa shape index (κ3) is 2.74. The first kappa shape index (κ1) is 15.8. The first-order valence-electron chi connectivity index (χ1n) is 6.95. The Balaban J connectivity index is 2.34. The molecule has 22 heavy (non-hydrogen) atoms. The molecule has 1 aromatic carbocycles. The number of carboxylic acids is 1. The van der Waals surface area contributed by atoms with E-state index in [1.54, 1.807) is 26.0 Å². The van der Waals surface area contributed by atoms with Crippen LogP contribution in [0.25, 0.3) is 0 Å². The highest BCUT2D eigenvalue weighted by Crippen LogP contribution is 2.33. The van der Waals surface area contributed by atoms with Crippen molar-refractivity contribution >= 4 is 23.5 Å². The van der Waals surface area contributed by atoms with E-state index in [4.69, 9.17) is 4.74 Å². The van der Waals surface area contributed by atoms with Crippen LogP contribution in [0, 0.1) is 0 Å². The van der Waals surface area contributed by atoms with Crippen molar-refractivity contribution < 1.29 is 24.2 Å². The Hall–Kier alpha value is -2.57. The molecule has 0 aliphatic carbocycles. The summed E-state index contributed by atoms with van der Waals surface area (Å²) in [6.45, 7) is 4.68. The highest BCUT2D eigenvalue weighted by molar-refractivity contribution is 6.05. The Morgan fingerprint density at radius 2 is 2.14 bits per heavy atom. The standard InChI is InChI=1S/C15H18N2O5/c1-4-15(3,14(20)21)17-13(19)9-6-5-7-10-11(9)22-8(2)12(18)16-10/h5-8H,4H2,1-3H3,(H,16,18)(H,17,19)(H,20,21). The van der Waals surface area contributed by atoms with Crippen molar-refractivity contribution in [3.05, 3.63) is 23.8 Å². The molecule has 0 bridgehead atoms. The summed E-state index contributed by atoms with van der Waals surface area (Å²) >= 11 is 0. The number of ether oxygens (including phenoxy) is 1. The van der Waals surface area contributed by atoms with Crippen molar-refractivity contribution in [2.45, 2.75) is 38.8 Å². The summed E-state index contributed by atoms with van der Waals surface area (Å²) in [5.41, 5.74) is -0.793. The Labute approximate surface area is 127 Å². The van der Waals surface area contributed by atoms with E-state index in [-0.39, 0.29) is 23.6 Å². The molecule has 0 spiro atoms. The lowest BCUT2D eigenvalue weighted by Crippen LogP contribution is -2.51. The number of carbonyl (C=O) groups is 3. The SMILES string of the molecule is CCC(C)(NC(=O)c1cccc2c1OC(C)C(=O)N2)C(=O)O. The van der Waals surface area contributed by atoms with Crippen molar-refractivity contribution in [1.29, 1.82) is 0 Å². The number of carbonyl (C=O) groups excluding carboxylic acids is 2. The van der Waals surface area contributed by atoms with Gasteiger partial charge in [0.2, 0.25) is 0 Å². The number of para-hydroxylation sites is 1. The molecule has 118 valence electrons. The molecule has 2 rings (SSSR count). The number of hydrogen-bond donors (Lipinski definition) is 3. The number of amides is 2. The average Bonchev–Trinajstić information content (AvgIpc) is 2.47. The van der Waals surface area contributed by atoms with E-state index in [1.165, 1.54) is 13.0 Å². The highest BCUT2D eigenvalue weighted by atomic mass is 16.5. The van der Waals surface area contributed by atoms with E-state index in [2.05, 4.69) is 10.6 Å². The summed E-state index contributed by atoms with van der Waals surface area (Å²) in [7, 11) is 0. The highest BCUT2D eigenvalue weighted by Gasteiger charge is 2.35. The molecule has 7 heteroatoms. The van der Waals surface area contributed by atoms with Gasteiger partial charge in [-0.05, 0) is 32.4 Å². The maximum Gasteiger partial charge on any atom is 0.329 e. The minimum atomic E-state index is -1.37. The van der Waals surface area contributed by atoms with E-state index < -0.39 is 23.5 Å². The normalized spacial score (nSPS) is 19.2. The zero-order chi connectivity index (χ0) is 16.5. The second-order valence-electron chi connectivity index (χ2n) is 5.38. The number of carboxylic acid groups (broad SMARTS) is 1. The van der Waals surface area contributed by atoms with E-state index >= 15 is 0 Å². The Morgan fingerprint density at radius 1 is 1.45 bits per heavy atom. The molecule has 2 atom stereocenters. The molecule has 2 amide bonds. The van der Waals surface area contributed by atoms with Crippen LogP contribution in [-0.2, 0) is 9.59 Å². The first-order chi connectivity index (χ1) is 10.3. The monoisotopic (exact) mass is 306 g/mol. The fourth-order valence-electron chi connectivity index (χ4n) is 2.02. The number of aliphatic carboxylic acids is 1. The van der Waals surface area contributed by atoms with Gasteiger partial charge in [-0.1, -0.05) is 13.0 Å². The molecule has 3 N–H and O–H groups in total. The fraction of sp³-hybridized carbons (Fsp3) is 0.400. The smallest absolute Gasteiger partial charge is 0.329 e. The number of hydrogen-bond acceptors (Lipinski definition) is 4. The molecule has 0 aromatic heterocycles. The van der Waals surface area contributed by atoms with Gasteiger partial charge in [-0.15, -0.1) is 0 Å². The summed E-state index contributed by atoms with van der Waals surface area (Å²) in [6.07, 6.45) is -0.490. The van der Waals surface area contributed by atoms with Crippen LogP contribution >= 0.6 is 0 Å². The summed E-state index contributed by atoms with van der Waals surface area (Å²) in [5.74, 6) is -1.73. The summed E-state index contributed by atoms with van der Waals surface area (Å²) in [5, 5.41) is 14.4. The molecule has 1 heterocycles. The summed E-state index contributed by atoms with van der Waals surface area (Å²) in [4.78, 5) is 35.3. The molecular weight excluding hydrogens is 288 g/mol. The van der Waals surface area contributed by atoms with Crippen LogP contribution in [0.1, 0.15) is 37.6 Å². The third-order valence-corrected chi connectivity index (χ3v) is 3.75. The molecule has 0 saturated heterocycles. The van der Waals surface area contributed by atoms with Crippen LogP contribution < -0.4 is 15.4 Å². The lowest BCUT2D eigenvalue weighted by molar-refractivity contribution is -0.143.